The van der Waals surface area contributed by atoms with Crippen molar-refractivity contribution in [1.82, 2.24) is 5.01 Å². The molecule has 3 rings (SSSR count). The number of alkyl halides is 3. The van der Waals surface area contributed by atoms with Gasteiger partial charge in [-0.05, 0) is 37.3 Å². The molecule has 0 bridgehead atoms. The van der Waals surface area contributed by atoms with E-state index in [0.717, 1.165) is 0 Å². The lowest BCUT2D eigenvalue weighted by Crippen LogP contribution is -2.61. The lowest BCUT2D eigenvalue weighted by atomic mass is 9.76. The van der Waals surface area contributed by atoms with E-state index in [-0.39, 0.29) is 28.6 Å². The molecule has 8 heteroatoms. The van der Waals surface area contributed by atoms with Crippen LogP contribution in [0, 0.1) is 11.8 Å². The van der Waals surface area contributed by atoms with Gasteiger partial charge in [-0.25, -0.2) is 0 Å². The summed E-state index contributed by atoms with van der Waals surface area (Å²) in [5.74, 6) is -2.93. The van der Waals surface area contributed by atoms with Gasteiger partial charge in [0, 0.05) is 5.71 Å². The Labute approximate surface area is 136 Å². The molecule has 3 atom stereocenters. The van der Waals surface area contributed by atoms with E-state index in [1.807, 2.05) is 0 Å². The second-order valence-corrected chi connectivity index (χ2v) is 6.38. The fraction of sp³-hybridized carbons (Fsp3) is 0.500. The van der Waals surface area contributed by atoms with Gasteiger partial charge in [-0.2, -0.15) is 23.3 Å². The lowest BCUT2D eigenvalue weighted by Gasteiger charge is -2.39. The first-order valence-corrected chi connectivity index (χ1v) is 7.65. The Kier molecular flexibility index (Phi) is 3.82. The van der Waals surface area contributed by atoms with E-state index in [1.54, 1.807) is 6.92 Å². The van der Waals surface area contributed by atoms with Crippen LogP contribution < -0.4 is 0 Å². The van der Waals surface area contributed by atoms with Crippen molar-refractivity contribution >= 4 is 11.6 Å². The number of benzene rings is 1. The van der Waals surface area contributed by atoms with E-state index in [2.05, 4.69) is 5.10 Å². The minimum atomic E-state index is -5.07. The van der Waals surface area contributed by atoms with Gasteiger partial charge >= 0.3 is 6.18 Å². The molecule has 0 unspecified atom stereocenters. The topological polar surface area (TPSA) is 73.1 Å². The van der Waals surface area contributed by atoms with Gasteiger partial charge in [0.25, 0.3) is 11.6 Å². The Morgan fingerprint density at radius 2 is 2.04 bits per heavy atom. The number of halogens is 3. The molecule has 1 fully saturated rings. The number of phenols is 1. The lowest BCUT2D eigenvalue weighted by molar-refractivity contribution is -0.313. The Morgan fingerprint density at radius 3 is 2.67 bits per heavy atom. The van der Waals surface area contributed by atoms with Crippen molar-refractivity contribution < 1.29 is 28.2 Å². The van der Waals surface area contributed by atoms with Crippen LogP contribution in [0.5, 0.6) is 5.75 Å². The molecule has 1 saturated carbocycles. The number of hydrazone groups is 1. The molecular formula is C16H17F3N2O3. The fourth-order valence-electron chi connectivity index (χ4n) is 3.38. The molecule has 130 valence electrons. The van der Waals surface area contributed by atoms with E-state index in [0.29, 0.717) is 12.8 Å². The number of nitrogens with zero attached hydrogens (tertiary/aromatic N) is 2. The van der Waals surface area contributed by atoms with Crippen molar-refractivity contribution in [3.8, 4) is 5.75 Å². The van der Waals surface area contributed by atoms with Crippen molar-refractivity contribution in [2.45, 2.75) is 38.1 Å². The average molecular weight is 342 g/mol. The maximum atomic E-state index is 13.7. The summed E-state index contributed by atoms with van der Waals surface area (Å²) in [6.45, 7) is 1.81. The first-order valence-electron chi connectivity index (χ1n) is 7.65. The summed E-state index contributed by atoms with van der Waals surface area (Å²) in [4.78, 5) is 12.6. The van der Waals surface area contributed by atoms with Crippen molar-refractivity contribution in [3.63, 3.8) is 0 Å². The second-order valence-electron chi connectivity index (χ2n) is 6.38. The van der Waals surface area contributed by atoms with E-state index >= 15 is 0 Å². The molecule has 5 nitrogen and oxygen atoms in total. The molecule has 0 saturated heterocycles. The molecule has 1 aliphatic heterocycles. The third kappa shape index (κ3) is 2.36. The molecular weight excluding hydrogens is 325 g/mol. The van der Waals surface area contributed by atoms with Crippen LogP contribution in [-0.4, -0.2) is 38.7 Å². The van der Waals surface area contributed by atoms with E-state index in [9.17, 15) is 28.2 Å². The number of fused-ring (bicyclic) bond motifs is 1. The molecule has 1 aromatic rings. The van der Waals surface area contributed by atoms with Crippen LogP contribution in [0.25, 0.3) is 0 Å². The molecule has 0 aromatic heterocycles. The predicted octanol–water partition coefficient (Wildman–Crippen LogP) is 2.89. The summed E-state index contributed by atoms with van der Waals surface area (Å²) in [5.41, 5.74) is -3.55. The second kappa shape index (κ2) is 5.47. The Bertz CT molecular complexity index is 704. The van der Waals surface area contributed by atoms with Crippen LogP contribution in [0.4, 0.5) is 13.2 Å². The number of hydrogen-bond acceptors (Lipinski definition) is 4. The molecule has 24 heavy (non-hydrogen) atoms. The molecule has 2 aliphatic rings. The molecule has 1 amide bonds. The van der Waals surface area contributed by atoms with E-state index < -0.39 is 29.5 Å². The maximum absolute atomic E-state index is 13.7. The largest absolute Gasteiger partial charge is 0.507 e. The highest BCUT2D eigenvalue weighted by Gasteiger charge is 2.68. The molecule has 0 radical (unpaired) electrons. The summed E-state index contributed by atoms with van der Waals surface area (Å²) in [6.07, 6.45) is -4.02. The third-order valence-corrected chi connectivity index (χ3v) is 4.71. The smallest absolute Gasteiger partial charge is 0.439 e. The molecule has 1 heterocycles. The van der Waals surface area contributed by atoms with E-state index in [4.69, 9.17) is 0 Å². The summed E-state index contributed by atoms with van der Waals surface area (Å²) in [6, 6.07) is 5.24. The summed E-state index contributed by atoms with van der Waals surface area (Å²) < 4.78 is 41.1. The van der Waals surface area contributed by atoms with Crippen molar-refractivity contribution in [2.75, 3.05) is 0 Å². The van der Waals surface area contributed by atoms with Crippen LogP contribution in [-0.2, 0) is 0 Å². The SMILES string of the molecule is C[C@H]1CCC2=NN(C(=O)c3ccccc3O)[C@@](O)(C(F)(F)F)[C@@H]2C1. The van der Waals surface area contributed by atoms with Crippen LogP contribution in [0.15, 0.2) is 29.4 Å². The quantitative estimate of drug-likeness (QED) is 0.824. The zero-order valence-corrected chi connectivity index (χ0v) is 12.9. The van der Waals surface area contributed by atoms with Gasteiger partial charge in [0.2, 0.25) is 0 Å². The summed E-state index contributed by atoms with van der Waals surface area (Å²) in [5, 5.41) is 24.2. The predicted molar refractivity (Wildman–Crippen MR) is 79.2 cm³/mol. The van der Waals surface area contributed by atoms with Gasteiger partial charge in [-0.3, -0.25) is 4.79 Å². The summed E-state index contributed by atoms with van der Waals surface area (Å²) >= 11 is 0. The molecule has 1 aromatic carbocycles. The Balaban J connectivity index is 2.07. The highest BCUT2D eigenvalue weighted by Crippen LogP contribution is 2.49. The first-order chi connectivity index (χ1) is 11.2. The van der Waals surface area contributed by atoms with Crippen LogP contribution in [0.1, 0.15) is 36.5 Å². The number of rotatable bonds is 1. The number of para-hydroxylation sites is 1. The number of amides is 1. The Hall–Kier alpha value is -2.09. The van der Waals surface area contributed by atoms with Gasteiger partial charge in [-0.15, -0.1) is 0 Å². The van der Waals surface area contributed by atoms with Crippen LogP contribution in [0.3, 0.4) is 0 Å². The molecule has 0 spiro atoms. The van der Waals surface area contributed by atoms with Gasteiger partial charge in [-0.1, -0.05) is 19.1 Å². The standard InChI is InChI=1S/C16H17F3N2O3/c1-9-6-7-12-11(8-9)15(24,16(17,18)19)21(20-12)14(23)10-4-2-3-5-13(10)22/h2-5,9,11,22,24H,6-8H2,1H3/t9-,11+,15-/m0/s1. The number of aromatic hydroxyl groups is 1. The monoisotopic (exact) mass is 342 g/mol. The van der Waals surface area contributed by atoms with Gasteiger partial charge < -0.3 is 10.2 Å². The van der Waals surface area contributed by atoms with Gasteiger partial charge in [0.05, 0.1) is 11.5 Å². The zero-order chi connectivity index (χ0) is 17.7. The minimum Gasteiger partial charge on any atom is -0.507 e. The number of carbonyl (C=O) groups excluding carboxylic acids is 1. The van der Waals surface area contributed by atoms with Crippen molar-refractivity contribution in [1.29, 1.82) is 0 Å². The minimum absolute atomic E-state index is 0.0111. The highest BCUT2D eigenvalue weighted by molar-refractivity contribution is 6.01. The van der Waals surface area contributed by atoms with E-state index in [1.165, 1.54) is 24.3 Å². The zero-order valence-electron chi connectivity index (χ0n) is 12.9. The van der Waals surface area contributed by atoms with Gasteiger partial charge in [0.15, 0.2) is 0 Å². The number of aliphatic hydroxyl groups is 1. The molecule has 2 N–H and O–H groups in total. The van der Waals surface area contributed by atoms with Gasteiger partial charge in [0.1, 0.15) is 5.75 Å². The fourth-order valence-corrected chi connectivity index (χ4v) is 3.38. The number of phenolic OH excluding ortho intramolecular Hbond substituents is 1. The van der Waals surface area contributed by atoms with Crippen molar-refractivity contribution in [3.05, 3.63) is 29.8 Å². The highest BCUT2D eigenvalue weighted by atomic mass is 19.4. The average Bonchev–Trinajstić information content (AvgIpc) is 2.81. The first kappa shape index (κ1) is 16.8. The van der Waals surface area contributed by atoms with Crippen LogP contribution >= 0.6 is 0 Å². The normalized spacial score (nSPS) is 30.0. The van der Waals surface area contributed by atoms with Crippen molar-refractivity contribution in [2.24, 2.45) is 16.9 Å². The molecule has 1 aliphatic carbocycles. The summed E-state index contributed by atoms with van der Waals surface area (Å²) in [7, 11) is 0. The Morgan fingerprint density at radius 1 is 1.38 bits per heavy atom. The number of carbonyl (C=O) groups is 1. The maximum Gasteiger partial charge on any atom is 0.439 e. The number of hydrogen-bond donors (Lipinski definition) is 2. The third-order valence-electron chi connectivity index (χ3n) is 4.71. The van der Waals surface area contributed by atoms with Crippen LogP contribution in [0.2, 0.25) is 0 Å².